The number of rotatable bonds is 5. The lowest BCUT2D eigenvalue weighted by Gasteiger charge is -2.25. The zero-order valence-electron chi connectivity index (χ0n) is 18.1. The molecule has 4 rings (SSSR count). The van der Waals surface area contributed by atoms with Crippen LogP contribution in [0, 0.1) is 0 Å². The van der Waals surface area contributed by atoms with Crippen LogP contribution in [0.4, 0.5) is 5.82 Å². The molecule has 2 aromatic heterocycles. The standard InChI is InChI=1S/C22H33N5S2/c1-5-6-8-16(2)18-13-17-19(24-15-25-20(17)28-18)26-9-7-10-27(12-11-26)21-23-14-22(3,4)29-21/h13,15-16H,5-12,14H2,1-4H3. The van der Waals surface area contributed by atoms with Gasteiger partial charge in [-0.15, -0.1) is 11.3 Å². The maximum absolute atomic E-state index is 4.81. The Bertz CT molecular complexity index is 875. The van der Waals surface area contributed by atoms with Gasteiger partial charge < -0.3 is 9.80 Å². The summed E-state index contributed by atoms with van der Waals surface area (Å²) in [6.07, 6.45) is 6.67. The number of amidine groups is 1. The van der Waals surface area contributed by atoms with Crippen LogP contribution in [0.3, 0.4) is 0 Å². The van der Waals surface area contributed by atoms with Gasteiger partial charge in [0, 0.05) is 35.8 Å². The minimum absolute atomic E-state index is 0.238. The summed E-state index contributed by atoms with van der Waals surface area (Å²) in [4.78, 5) is 21.6. The van der Waals surface area contributed by atoms with Crippen molar-refractivity contribution in [2.75, 3.05) is 37.6 Å². The summed E-state index contributed by atoms with van der Waals surface area (Å²) in [7, 11) is 0. The number of anilines is 1. The Morgan fingerprint density at radius 3 is 2.69 bits per heavy atom. The molecule has 2 aromatic rings. The maximum Gasteiger partial charge on any atom is 0.159 e. The molecule has 1 atom stereocenters. The number of hydrogen-bond acceptors (Lipinski definition) is 7. The summed E-state index contributed by atoms with van der Waals surface area (Å²) < 4.78 is 0.238. The number of thiophene rings is 1. The van der Waals surface area contributed by atoms with E-state index in [1.54, 1.807) is 6.33 Å². The number of nitrogens with zero attached hydrogens (tertiary/aromatic N) is 5. The van der Waals surface area contributed by atoms with Crippen LogP contribution in [0.15, 0.2) is 17.4 Å². The van der Waals surface area contributed by atoms with Gasteiger partial charge in [-0.2, -0.15) is 0 Å². The molecule has 0 N–H and O–H groups in total. The van der Waals surface area contributed by atoms with Gasteiger partial charge in [0.25, 0.3) is 0 Å². The molecule has 0 aliphatic carbocycles. The number of fused-ring (bicyclic) bond motifs is 1. The normalized spacial score (nSPS) is 20.8. The quantitative estimate of drug-likeness (QED) is 0.636. The van der Waals surface area contributed by atoms with Crippen LogP contribution in [0.25, 0.3) is 10.2 Å². The first kappa shape index (κ1) is 20.9. The summed E-state index contributed by atoms with van der Waals surface area (Å²) in [6, 6.07) is 2.36. The molecule has 7 heteroatoms. The third-order valence-electron chi connectivity index (χ3n) is 5.83. The summed E-state index contributed by atoms with van der Waals surface area (Å²) in [5.74, 6) is 1.71. The van der Waals surface area contributed by atoms with Crippen LogP contribution in [-0.4, -0.2) is 57.5 Å². The van der Waals surface area contributed by atoms with E-state index in [2.05, 4.69) is 48.5 Å². The van der Waals surface area contributed by atoms with E-state index in [1.165, 1.54) is 34.7 Å². The second-order valence-electron chi connectivity index (χ2n) is 8.90. The largest absolute Gasteiger partial charge is 0.354 e. The second-order valence-corrected chi connectivity index (χ2v) is 11.6. The van der Waals surface area contributed by atoms with E-state index in [4.69, 9.17) is 9.98 Å². The molecule has 4 heterocycles. The van der Waals surface area contributed by atoms with Crippen LogP contribution in [0.2, 0.25) is 0 Å². The van der Waals surface area contributed by atoms with Gasteiger partial charge in [0.2, 0.25) is 0 Å². The molecule has 1 saturated heterocycles. The minimum atomic E-state index is 0.238. The molecule has 5 nitrogen and oxygen atoms in total. The number of thioether (sulfide) groups is 1. The van der Waals surface area contributed by atoms with Gasteiger partial charge in [-0.25, -0.2) is 9.97 Å². The lowest BCUT2D eigenvalue weighted by atomic mass is 10.0. The highest BCUT2D eigenvalue weighted by atomic mass is 32.2. The Morgan fingerprint density at radius 2 is 1.93 bits per heavy atom. The minimum Gasteiger partial charge on any atom is -0.354 e. The average Bonchev–Trinajstić information content (AvgIpc) is 3.21. The molecular formula is C22H33N5S2. The molecule has 0 amide bonds. The highest BCUT2D eigenvalue weighted by Gasteiger charge is 2.31. The summed E-state index contributed by atoms with van der Waals surface area (Å²) in [6.45, 7) is 14.2. The van der Waals surface area contributed by atoms with Gasteiger partial charge >= 0.3 is 0 Å². The third kappa shape index (κ3) is 4.71. The molecule has 0 spiro atoms. The Morgan fingerprint density at radius 1 is 1.14 bits per heavy atom. The van der Waals surface area contributed by atoms with Gasteiger partial charge in [-0.1, -0.05) is 38.5 Å². The van der Waals surface area contributed by atoms with Crippen molar-refractivity contribution in [3.8, 4) is 0 Å². The Hall–Kier alpha value is -1.34. The third-order valence-corrected chi connectivity index (χ3v) is 8.36. The molecule has 2 aliphatic heterocycles. The van der Waals surface area contributed by atoms with E-state index in [0.717, 1.165) is 49.8 Å². The first-order chi connectivity index (χ1) is 14.0. The molecule has 158 valence electrons. The maximum atomic E-state index is 4.81. The van der Waals surface area contributed by atoms with Gasteiger partial charge in [0.05, 0.1) is 11.9 Å². The lowest BCUT2D eigenvalue weighted by molar-refractivity contribution is 0.456. The predicted octanol–water partition coefficient (Wildman–Crippen LogP) is 5.38. The smallest absolute Gasteiger partial charge is 0.159 e. The van der Waals surface area contributed by atoms with Gasteiger partial charge in [0.15, 0.2) is 5.17 Å². The molecule has 0 radical (unpaired) electrons. The van der Waals surface area contributed by atoms with E-state index < -0.39 is 0 Å². The van der Waals surface area contributed by atoms with Crippen molar-refractivity contribution in [2.45, 2.75) is 64.0 Å². The highest BCUT2D eigenvalue weighted by molar-refractivity contribution is 8.15. The molecule has 0 saturated carbocycles. The van der Waals surface area contributed by atoms with Crippen molar-refractivity contribution >= 4 is 44.3 Å². The van der Waals surface area contributed by atoms with Crippen molar-refractivity contribution in [2.24, 2.45) is 4.99 Å². The number of aliphatic imine (C=N–C) groups is 1. The number of hydrogen-bond donors (Lipinski definition) is 0. The van der Waals surface area contributed by atoms with Gasteiger partial charge in [-0.3, -0.25) is 4.99 Å². The van der Waals surface area contributed by atoms with Crippen molar-refractivity contribution < 1.29 is 0 Å². The molecule has 29 heavy (non-hydrogen) atoms. The SMILES string of the molecule is CCCCC(C)c1cc2c(N3CCCN(C4=NCC(C)(C)S4)CC3)ncnc2s1. The van der Waals surface area contributed by atoms with Crippen molar-refractivity contribution in [3.63, 3.8) is 0 Å². The van der Waals surface area contributed by atoms with E-state index in [9.17, 15) is 0 Å². The lowest BCUT2D eigenvalue weighted by Crippen LogP contribution is -2.34. The highest BCUT2D eigenvalue weighted by Crippen LogP contribution is 2.37. The van der Waals surface area contributed by atoms with Gasteiger partial charge in [-0.05, 0) is 38.7 Å². The van der Waals surface area contributed by atoms with E-state index in [-0.39, 0.29) is 4.75 Å². The second kappa shape index (κ2) is 8.80. The van der Waals surface area contributed by atoms with Crippen molar-refractivity contribution in [3.05, 3.63) is 17.3 Å². The summed E-state index contributed by atoms with van der Waals surface area (Å²) in [5.41, 5.74) is 0. The fourth-order valence-electron chi connectivity index (χ4n) is 4.06. The predicted molar refractivity (Wildman–Crippen MR) is 128 cm³/mol. The van der Waals surface area contributed by atoms with E-state index >= 15 is 0 Å². The topological polar surface area (TPSA) is 44.6 Å². The van der Waals surface area contributed by atoms with Crippen molar-refractivity contribution in [1.82, 2.24) is 14.9 Å². The zero-order valence-corrected chi connectivity index (χ0v) is 19.8. The Balaban J connectivity index is 1.50. The monoisotopic (exact) mass is 431 g/mol. The number of unbranched alkanes of at least 4 members (excludes halogenated alkanes) is 1. The molecular weight excluding hydrogens is 398 g/mol. The van der Waals surface area contributed by atoms with Crippen LogP contribution in [0.1, 0.15) is 64.2 Å². The summed E-state index contributed by atoms with van der Waals surface area (Å²) in [5, 5.41) is 2.46. The average molecular weight is 432 g/mol. The van der Waals surface area contributed by atoms with Crippen LogP contribution in [0.5, 0.6) is 0 Å². The van der Waals surface area contributed by atoms with Gasteiger partial charge in [0.1, 0.15) is 17.0 Å². The molecule has 0 aromatic carbocycles. The fourth-order valence-corrected chi connectivity index (χ4v) is 6.21. The van der Waals surface area contributed by atoms with Crippen LogP contribution >= 0.6 is 23.1 Å². The fraction of sp³-hybridized carbons (Fsp3) is 0.682. The van der Waals surface area contributed by atoms with Crippen molar-refractivity contribution in [1.29, 1.82) is 0 Å². The molecule has 1 fully saturated rings. The van der Waals surface area contributed by atoms with Crippen LogP contribution in [-0.2, 0) is 0 Å². The van der Waals surface area contributed by atoms with E-state index in [1.807, 2.05) is 23.1 Å². The Labute approximate surface area is 183 Å². The summed E-state index contributed by atoms with van der Waals surface area (Å²) >= 11 is 3.78. The molecule has 2 aliphatic rings. The molecule has 1 unspecified atom stereocenters. The zero-order chi connectivity index (χ0) is 20.4. The first-order valence-electron chi connectivity index (χ1n) is 10.9. The Kier molecular flexibility index (Phi) is 6.35. The van der Waals surface area contributed by atoms with Crippen LogP contribution < -0.4 is 4.90 Å². The molecule has 0 bridgehead atoms. The first-order valence-corrected chi connectivity index (χ1v) is 12.6. The number of aromatic nitrogens is 2. The van der Waals surface area contributed by atoms with E-state index in [0.29, 0.717) is 5.92 Å².